The van der Waals surface area contributed by atoms with Crippen molar-refractivity contribution in [2.45, 2.75) is 83.0 Å². The Balaban J connectivity index is 1.57. The molecule has 2 heterocycles. The van der Waals surface area contributed by atoms with Gasteiger partial charge < -0.3 is 30.5 Å². The summed E-state index contributed by atoms with van der Waals surface area (Å²) in [5, 5.41) is 38.2. The minimum atomic E-state index is -4.09. The molecule has 1 saturated heterocycles. The first kappa shape index (κ1) is 41.4. The van der Waals surface area contributed by atoms with Crippen molar-refractivity contribution in [1.82, 2.24) is 24.4 Å². The summed E-state index contributed by atoms with van der Waals surface area (Å²) in [6, 6.07) is 13.0. The standard InChI is InChI=1S/C37H50N6O8S2/c1-6-25(4)33(43-17-16-41(37(43)48)21-29-23-52-35(39-29)26(5)36(46)47)34(45)40-31(18-27-10-8-7-9-11-27)32(44)22-42(20-24(2)3)53(50,51)30-14-12-28(13-15-30)19-38-49/h7-15,19,23-26,31-33,44,49H,6,16-18,20-22H2,1-5H3,(H,40,45)(H,46,47)/b38-19+/t25-,26?,31-,32+,33-/m0/s1. The number of carbonyl (C=O) groups excluding carboxylic acids is 2. The highest BCUT2D eigenvalue weighted by Crippen LogP contribution is 2.26. The lowest BCUT2D eigenvalue weighted by Crippen LogP contribution is -2.57. The average molecular weight is 771 g/mol. The Hall–Kier alpha value is -4.38. The second-order valence-corrected chi connectivity index (χ2v) is 16.7. The molecule has 16 heteroatoms. The smallest absolute Gasteiger partial charge is 0.321 e. The molecule has 4 N–H and O–H groups in total. The monoisotopic (exact) mass is 770 g/mol. The first-order valence-corrected chi connectivity index (χ1v) is 20.0. The van der Waals surface area contributed by atoms with Gasteiger partial charge in [0.05, 0.1) is 35.5 Å². The number of amides is 3. The third kappa shape index (κ3) is 10.6. The number of oxime groups is 1. The average Bonchev–Trinajstić information content (AvgIpc) is 3.74. The maximum Gasteiger partial charge on any atom is 0.321 e. The molecular formula is C37H50N6O8S2. The summed E-state index contributed by atoms with van der Waals surface area (Å²) in [4.78, 5) is 47.1. The van der Waals surface area contributed by atoms with E-state index in [9.17, 15) is 33.0 Å². The zero-order chi connectivity index (χ0) is 38.9. The number of carbonyl (C=O) groups is 3. The van der Waals surface area contributed by atoms with E-state index >= 15 is 0 Å². The summed E-state index contributed by atoms with van der Waals surface area (Å²) in [6.07, 6.45) is 0.639. The number of nitrogens with one attached hydrogen (secondary N) is 1. The number of benzene rings is 2. The van der Waals surface area contributed by atoms with Gasteiger partial charge in [-0.1, -0.05) is 81.7 Å². The molecular weight excluding hydrogens is 721 g/mol. The predicted molar refractivity (Wildman–Crippen MR) is 201 cm³/mol. The maximum atomic E-state index is 14.3. The van der Waals surface area contributed by atoms with Crippen molar-refractivity contribution in [1.29, 1.82) is 0 Å². The van der Waals surface area contributed by atoms with Crippen molar-refractivity contribution in [3.63, 3.8) is 0 Å². The number of aliphatic hydroxyl groups excluding tert-OH is 1. The quantitative estimate of drug-likeness (QED) is 0.0785. The molecule has 5 atom stereocenters. The molecule has 0 bridgehead atoms. The van der Waals surface area contributed by atoms with Crippen LogP contribution in [0.25, 0.3) is 0 Å². The lowest BCUT2D eigenvalue weighted by atomic mass is 9.95. The van der Waals surface area contributed by atoms with Crippen molar-refractivity contribution in [3.05, 3.63) is 81.8 Å². The van der Waals surface area contributed by atoms with Crippen LogP contribution in [0.15, 0.2) is 70.0 Å². The van der Waals surface area contributed by atoms with E-state index in [1.54, 1.807) is 17.2 Å². The van der Waals surface area contributed by atoms with Gasteiger partial charge in [0.2, 0.25) is 15.9 Å². The molecule has 1 aromatic heterocycles. The third-order valence-electron chi connectivity index (χ3n) is 9.35. The second-order valence-electron chi connectivity index (χ2n) is 13.9. The number of nitrogens with zero attached hydrogens (tertiary/aromatic N) is 5. The number of aliphatic carboxylic acids is 1. The molecule has 1 aliphatic rings. The second kappa shape index (κ2) is 18.6. The van der Waals surface area contributed by atoms with Gasteiger partial charge in [-0.3, -0.25) is 9.59 Å². The maximum absolute atomic E-state index is 14.3. The molecule has 0 radical (unpaired) electrons. The number of aromatic nitrogens is 1. The largest absolute Gasteiger partial charge is 0.481 e. The van der Waals surface area contributed by atoms with Gasteiger partial charge in [0.1, 0.15) is 17.0 Å². The number of rotatable bonds is 19. The molecule has 3 amide bonds. The van der Waals surface area contributed by atoms with Crippen LogP contribution < -0.4 is 5.32 Å². The molecule has 1 unspecified atom stereocenters. The number of carboxylic acids is 1. The van der Waals surface area contributed by atoms with Crippen molar-refractivity contribution >= 4 is 45.5 Å². The third-order valence-corrected chi connectivity index (χ3v) is 12.3. The highest BCUT2D eigenvalue weighted by atomic mass is 32.2. The molecule has 1 aliphatic heterocycles. The normalized spacial score (nSPS) is 16.6. The zero-order valence-corrected chi connectivity index (χ0v) is 32.3. The summed E-state index contributed by atoms with van der Waals surface area (Å²) in [5.41, 5.74) is 1.89. The molecule has 14 nitrogen and oxygen atoms in total. The van der Waals surface area contributed by atoms with E-state index < -0.39 is 46.0 Å². The Morgan fingerprint density at radius 3 is 2.34 bits per heavy atom. The fraction of sp³-hybridized carbons (Fsp3) is 0.486. The van der Waals surface area contributed by atoms with E-state index in [1.165, 1.54) is 51.0 Å². The number of carboxylic acid groups (broad SMARTS) is 1. The van der Waals surface area contributed by atoms with E-state index in [2.05, 4.69) is 15.5 Å². The molecule has 2 aromatic carbocycles. The molecule has 53 heavy (non-hydrogen) atoms. The van der Waals surface area contributed by atoms with Gasteiger partial charge in [-0.05, 0) is 48.4 Å². The van der Waals surface area contributed by atoms with E-state index in [4.69, 9.17) is 5.21 Å². The summed E-state index contributed by atoms with van der Waals surface area (Å²) in [7, 11) is -4.09. The van der Waals surface area contributed by atoms with E-state index in [0.29, 0.717) is 29.2 Å². The Kier molecular flexibility index (Phi) is 14.5. The topological polar surface area (TPSA) is 193 Å². The van der Waals surface area contributed by atoms with Crippen molar-refractivity contribution < 1.29 is 38.2 Å². The first-order valence-electron chi connectivity index (χ1n) is 17.7. The molecule has 3 aromatic rings. The minimum absolute atomic E-state index is 0.00305. The van der Waals surface area contributed by atoms with Crippen LogP contribution >= 0.6 is 11.3 Å². The van der Waals surface area contributed by atoms with Crippen LogP contribution in [0.2, 0.25) is 0 Å². The molecule has 4 rings (SSSR count). The van der Waals surface area contributed by atoms with Crippen LogP contribution in [0.1, 0.15) is 68.8 Å². The van der Waals surface area contributed by atoms with Crippen molar-refractivity contribution in [3.8, 4) is 0 Å². The lowest BCUT2D eigenvalue weighted by molar-refractivity contribution is -0.138. The molecule has 288 valence electrons. The first-order chi connectivity index (χ1) is 25.2. The molecule has 0 saturated carbocycles. The van der Waals surface area contributed by atoms with Crippen LogP contribution in [0.5, 0.6) is 0 Å². The Bertz CT molecular complexity index is 1820. The van der Waals surface area contributed by atoms with Crippen LogP contribution in [0.4, 0.5) is 4.79 Å². The summed E-state index contributed by atoms with van der Waals surface area (Å²) in [6.45, 7) is 9.70. The number of hydrogen-bond donors (Lipinski definition) is 4. The Morgan fingerprint density at radius 2 is 1.74 bits per heavy atom. The number of urea groups is 1. The van der Waals surface area contributed by atoms with Crippen LogP contribution in [-0.4, -0.2) is 111 Å². The minimum Gasteiger partial charge on any atom is -0.481 e. The van der Waals surface area contributed by atoms with Crippen LogP contribution in [0, 0.1) is 11.8 Å². The number of sulfonamides is 1. The number of aliphatic hydroxyl groups is 1. The Morgan fingerprint density at radius 1 is 1.06 bits per heavy atom. The van der Waals surface area contributed by atoms with E-state index in [0.717, 1.165) is 5.56 Å². The summed E-state index contributed by atoms with van der Waals surface area (Å²) in [5.74, 6) is -2.56. The van der Waals surface area contributed by atoms with Gasteiger partial charge in [-0.25, -0.2) is 18.2 Å². The predicted octanol–water partition coefficient (Wildman–Crippen LogP) is 4.23. The van der Waals surface area contributed by atoms with E-state index in [1.807, 2.05) is 58.0 Å². The summed E-state index contributed by atoms with van der Waals surface area (Å²) < 4.78 is 29.0. The van der Waals surface area contributed by atoms with Crippen molar-refractivity contribution in [2.24, 2.45) is 17.0 Å². The van der Waals surface area contributed by atoms with Gasteiger partial charge in [-0.2, -0.15) is 4.31 Å². The number of thiazole rings is 1. The van der Waals surface area contributed by atoms with Gasteiger partial charge in [0, 0.05) is 31.6 Å². The van der Waals surface area contributed by atoms with Crippen LogP contribution in [0.3, 0.4) is 0 Å². The zero-order valence-electron chi connectivity index (χ0n) is 30.7. The van der Waals surface area contributed by atoms with Gasteiger partial charge in [0.15, 0.2) is 0 Å². The number of hydrogen-bond acceptors (Lipinski definition) is 10. The fourth-order valence-electron chi connectivity index (χ4n) is 6.21. The highest BCUT2D eigenvalue weighted by Gasteiger charge is 2.41. The van der Waals surface area contributed by atoms with Crippen molar-refractivity contribution in [2.75, 3.05) is 26.2 Å². The van der Waals surface area contributed by atoms with Gasteiger partial charge in [-0.15, -0.1) is 11.3 Å². The summed E-state index contributed by atoms with van der Waals surface area (Å²) >= 11 is 1.23. The van der Waals surface area contributed by atoms with Gasteiger partial charge in [0.25, 0.3) is 0 Å². The van der Waals surface area contributed by atoms with Crippen LogP contribution in [-0.2, 0) is 32.6 Å². The molecule has 0 spiro atoms. The lowest BCUT2D eigenvalue weighted by Gasteiger charge is -2.35. The van der Waals surface area contributed by atoms with E-state index in [-0.39, 0.29) is 55.4 Å². The Labute approximate surface area is 315 Å². The fourth-order valence-corrected chi connectivity index (χ4v) is 8.69. The molecule has 1 fully saturated rings. The SMILES string of the molecule is CC[C@H](C)[C@@H](C(=O)N[C@@H](Cc1ccccc1)[C@H](O)CN(CC(C)C)S(=O)(=O)c1ccc(/C=N/O)cc1)N1CCN(Cc2csc(C(C)C(=O)O)n2)C1=O. The highest BCUT2D eigenvalue weighted by molar-refractivity contribution is 7.89. The van der Waals surface area contributed by atoms with Gasteiger partial charge >= 0.3 is 12.0 Å². The molecule has 0 aliphatic carbocycles.